The first-order chi connectivity index (χ1) is 13.2. The average molecular weight is 412 g/mol. The zero-order valence-corrected chi connectivity index (χ0v) is 16.1. The quantitative estimate of drug-likeness (QED) is 0.702. The Balaban J connectivity index is 2.17. The molecule has 0 radical (unpaired) electrons. The number of carboxylic acid groups (broad SMARTS) is 1. The summed E-state index contributed by atoms with van der Waals surface area (Å²) in [6.07, 6.45) is -2.51. The monoisotopic (exact) mass is 411 g/mol. The molecule has 0 aliphatic carbocycles. The fourth-order valence-electron chi connectivity index (χ4n) is 3.76. The van der Waals surface area contributed by atoms with E-state index in [2.05, 4.69) is 0 Å². The van der Waals surface area contributed by atoms with E-state index in [1.807, 2.05) is 31.2 Å². The number of halogens is 4. The van der Waals surface area contributed by atoms with Gasteiger partial charge in [0.05, 0.1) is 11.6 Å². The zero-order valence-electron chi connectivity index (χ0n) is 15.3. The van der Waals surface area contributed by atoms with Crippen LogP contribution in [0.25, 0.3) is 0 Å². The number of hydrogen-bond acceptors (Lipinski definition) is 2. The van der Waals surface area contributed by atoms with Gasteiger partial charge in [0, 0.05) is 5.02 Å². The summed E-state index contributed by atoms with van der Waals surface area (Å²) in [4.78, 5) is 13.6. The molecule has 28 heavy (non-hydrogen) atoms. The van der Waals surface area contributed by atoms with Crippen molar-refractivity contribution in [2.75, 3.05) is 6.54 Å². The number of benzene rings is 2. The Bertz CT molecular complexity index is 852. The Morgan fingerprint density at radius 1 is 1.18 bits per heavy atom. The summed E-state index contributed by atoms with van der Waals surface area (Å²) >= 11 is 6.33. The van der Waals surface area contributed by atoms with Gasteiger partial charge in [0.15, 0.2) is 0 Å². The maximum Gasteiger partial charge on any atom is 0.416 e. The van der Waals surface area contributed by atoms with E-state index >= 15 is 0 Å². The predicted octanol–water partition coefficient (Wildman–Crippen LogP) is 5.70. The molecule has 3 rings (SSSR count). The Labute approximate surface area is 166 Å². The highest BCUT2D eigenvalue weighted by atomic mass is 35.5. The van der Waals surface area contributed by atoms with Crippen LogP contribution in [0.5, 0.6) is 0 Å². The van der Waals surface area contributed by atoms with Gasteiger partial charge in [-0.25, -0.2) is 0 Å². The van der Waals surface area contributed by atoms with Crippen molar-refractivity contribution in [1.82, 2.24) is 4.90 Å². The number of likely N-dealkylation sites (tertiary alicyclic amines) is 1. The molecular formula is C21H21ClF3NO2. The first-order valence-corrected chi connectivity index (χ1v) is 9.48. The van der Waals surface area contributed by atoms with E-state index in [9.17, 15) is 23.1 Å². The van der Waals surface area contributed by atoms with Gasteiger partial charge in [-0.05, 0) is 55.6 Å². The largest absolute Gasteiger partial charge is 0.480 e. The normalized spacial score (nSPS) is 19.4. The average Bonchev–Trinajstić information content (AvgIpc) is 2.64. The van der Waals surface area contributed by atoms with Gasteiger partial charge in [-0.3, -0.25) is 9.69 Å². The molecule has 0 bridgehead atoms. The van der Waals surface area contributed by atoms with Crippen molar-refractivity contribution in [3.8, 4) is 0 Å². The van der Waals surface area contributed by atoms with Crippen molar-refractivity contribution in [3.05, 3.63) is 69.7 Å². The Morgan fingerprint density at radius 3 is 2.46 bits per heavy atom. The lowest BCUT2D eigenvalue weighted by molar-refractivity contribution is -0.145. The van der Waals surface area contributed by atoms with Crippen LogP contribution < -0.4 is 0 Å². The van der Waals surface area contributed by atoms with Gasteiger partial charge in [0.25, 0.3) is 0 Å². The molecule has 2 aromatic rings. The highest BCUT2D eigenvalue weighted by Gasteiger charge is 2.37. The topological polar surface area (TPSA) is 40.5 Å². The molecule has 1 aliphatic heterocycles. The van der Waals surface area contributed by atoms with E-state index in [1.54, 1.807) is 4.90 Å². The number of carboxylic acids is 1. The molecule has 2 atom stereocenters. The third-order valence-corrected chi connectivity index (χ3v) is 5.52. The van der Waals surface area contributed by atoms with Crippen molar-refractivity contribution >= 4 is 17.6 Å². The summed E-state index contributed by atoms with van der Waals surface area (Å²) in [6, 6.07) is 9.16. The highest BCUT2D eigenvalue weighted by Crippen LogP contribution is 2.40. The first-order valence-electron chi connectivity index (χ1n) is 9.10. The van der Waals surface area contributed by atoms with Crippen LogP contribution in [0.4, 0.5) is 13.2 Å². The summed E-state index contributed by atoms with van der Waals surface area (Å²) in [5.74, 6) is -0.972. The zero-order chi connectivity index (χ0) is 20.5. The molecule has 2 aromatic carbocycles. The van der Waals surface area contributed by atoms with Gasteiger partial charge >= 0.3 is 12.1 Å². The number of rotatable bonds is 4. The van der Waals surface area contributed by atoms with E-state index in [-0.39, 0.29) is 10.6 Å². The SMILES string of the molecule is Cc1ccc(C(c2cc(C(F)(F)F)ccc2Cl)N2CCCCC2C(=O)O)cc1. The number of aryl methyl sites for hydroxylation is 1. The molecule has 0 aromatic heterocycles. The third-order valence-electron chi connectivity index (χ3n) is 5.17. The number of hydrogen-bond donors (Lipinski definition) is 1. The fourth-order valence-corrected chi connectivity index (χ4v) is 3.98. The van der Waals surface area contributed by atoms with E-state index in [0.717, 1.165) is 36.1 Å². The van der Waals surface area contributed by atoms with Crippen LogP contribution in [-0.2, 0) is 11.0 Å². The maximum absolute atomic E-state index is 13.3. The van der Waals surface area contributed by atoms with Crippen molar-refractivity contribution in [1.29, 1.82) is 0 Å². The van der Waals surface area contributed by atoms with Crippen LogP contribution in [0.3, 0.4) is 0 Å². The lowest BCUT2D eigenvalue weighted by atomic mass is 9.90. The van der Waals surface area contributed by atoms with Gasteiger partial charge in [-0.2, -0.15) is 13.2 Å². The standard InChI is InChI=1S/C21H21ClF3NO2/c1-13-5-7-14(8-6-13)19(26-11-3-2-4-18(26)20(27)28)16-12-15(21(23,24)25)9-10-17(16)22/h5-10,12,18-19H,2-4,11H2,1H3,(H,27,28). The molecule has 1 fully saturated rings. The molecule has 0 saturated carbocycles. The van der Waals surface area contributed by atoms with Crippen LogP contribution in [0.15, 0.2) is 42.5 Å². The number of alkyl halides is 3. The Morgan fingerprint density at radius 2 is 1.86 bits per heavy atom. The van der Waals surface area contributed by atoms with E-state index in [0.29, 0.717) is 13.0 Å². The van der Waals surface area contributed by atoms with Crippen molar-refractivity contribution < 1.29 is 23.1 Å². The van der Waals surface area contributed by atoms with Crippen molar-refractivity contribution in [2.24, 2.45) is 0 Å². The second-order valence-electron chi connectivity index (χ2n) is 7.13. The second kappa shape index (κ2) is 8.13. The Hall–Kier alpha value is -2.05. The highest BCUT2D eigenvalue weighted by molar-refractivity contribution is 6.31. The second-order valence-corrected chi connectivity index (χ2v) is 7.54. The molecule has 7 heteroatoms. The number of carbonyl (C=O) groups is 1. The van der Waals surface area contributed by atoms with Gasteiger partial charge in [-0.1, -0.05) is 47.9 Å². The lowest BCUT2D eigenvalue weighted by Crippen LogP contribution is -2.47. The van der Waals surface area contributed by atoms with Crippen LogP contribution in [-0.4, -0.2) is 28.6 Å². The number of aliphatic carboxylic acids is 1. The molecule has 1 heterocycles. The van der Waals surface area contributed by atoms with E-state index in [4.69, 9.17) is 11.6 Å². The van der Waals surface area contributed by atoms with Gasteiger partial charge in [-0.15, -0.1) is 0 Å². The van der Waals surface area contributed by atoms with Crippen molar-refractivity contribution in [3.63, 3.8) is 0 Å². The smallest absolute Gasteiger partial charge is 0.416 e. The third kappa shape index (κ3) is 4.33. The lowest BCUT2D eigenvalue weighted by Gasteiger charge is -2.40. The summed E-state index contributed by atoms with van der Waals surface area (Å²) < 4.78 is 39.9. The van der Waals surface area contributed by atoms with Crippen LogP contribution >= 0.6 is 11.6 Å². The summed E-state index contributed by atoms with van der Waals surface area (Å²) in [5.41, 5.74) is 1.20. The van der Waals surface area contributed by atoms with Crippen molar-refractivity contribution in [2.45, 2.75) is 44.4 Å². The minimum Gasteiger partial charge on any atom is -0.480 e. The van der Waals surface area contributed by atoms with Crippen LogP contribution in [0.2, 0.25) is 5.02 Å². The molecule has 2 unspecified atom stereocenters. The molecule has 1 saturated heterocycles. The van der Waals surface area contributed by atoms with Gasteiger partial charge in [0.1, 0.15) is 6.04 Å². The van der Waals surface area contributed by atoms with Crippen LogP contribution in [0, 0.1) is 6.92 Å². The Kier molecular flexibility index (Phi) is 6.01. The summed E-state index contributed by atoms with van der Waals surface area (Å²) in [6.45, 7) is 2.39. The molecule has 0 amide bonds. The molecule has 1 N–H and O–H groups in total. The fraction of sp³-hybridized carbons (Fsp3) is 0.381. The molecule has 3 nitrogen and oxygen atoms in total. The summed E-state index contributed by atoms with van der Waals surface area (Å²) in [5, 5.41) is 9.88. The predicted molar refractivity (Wildman–Crippen MR) is 101 cm³/mol. The molecule has 1 aliphatic rings. The summed E-state index contributed by atoms with van der Waals surface area (Å²) in [7, 11) is 0. The van der Waals surface area contributed by atoms with E-state index in [1.165, 1.54) is 6.07 Å². The van der Waals surface area contributed by atoms with E-state index < -0.39 is 29.8 Å². The molecule has 150 valence electrons. The minimum absolute atomic E-state index is 0.188. The number of nitrogens with zero attached hydrogens (tertiary/aromatic N) is 1. The maximum atomic E-state index is 13.3. The minimum atomic E-state index is -4.51. The molecular weight excluding hydrogens is 391 g/mol. The molecule has 0 spiro atoms. The number of piperidine rings is 1. The van der Waals surface area contributed by atoms with Gasteiger partial charge < -0.3 is 5.11 Å². The first kappa shape index (κ1) is 20.7. The van der Waals surface area contributed by atoms with Gasteiger partial charge in [0.2, 0.25) is 0 Å². The van der Waals surface area contributed by atoms with Crippen LogP contribution in [0.1, 0.15) is 47.6 Å².